The first-order valence-electron chi connectivity index (χ1n) is 8.05. The van der Waals surface area contributed by atoms with Crippen LogP contribution in [0, 0.1) is 5.92 Å². The van der Waals surface area contributed by atoms with E-state index >= 15 is 0 Å². The van der Waals surface area contributed by atoms with Gasteiger partial charge in [0, 0.05) is 12.6 Å². The van der Waals surface area contributed by atoms with Crippen molar-refractivity contribution in [3.63, 3.8) is 0 Å². The second-order valence-electron chi connectivity index (χ2n) is 6.09. The fraction of sp³-hybridized carbons (Fsp3) is 0.471. The normalized spacial score (nSPS) is 21.3. The number of fused-ring (bicyclic) bond motifs is 1. The van der Waals surface area contributed by atoms with Crippen LogP contribution in [0.1, 0.15) is 45.4 Å². The number of nitrogens with one attached hydrogen (secondary N) is 1. The van der Waals surface area contributed by atoms with Crippen LogP contribution in [-0.4, -0.2) is 17.5 Å². The molecule has 3 rings (SSSR count). The number of amides is 2. The molecular weight excluding hydrogens is 314 g/mol. The summed E-state index contributed by atoms with van der Waals surface area (Å²) in [5.74, 6) is -0.248. The highest BCUT2D eigenvalue weighted by molar-refractivity contribution is 6.34. The Morgan fingerprint density at radius 3 is 2.83 bits per heavy atom. The van der Waals surface area contributed by atoms with E-state index in [1.54, 1.807) is 18.2 Å². The summed E-state index contributed by atoms with van der Waals surface area (Å²) in [5, 5.41) is 9.06. The topological polar surface area (TPSA) is 61.8 Å². The number of halogens is 1. The Hall–Kier alpha value is -1.88. The summed E-state index contributed by atoms with van der Waals surface area (Å²) >= 11 is 6.31. The Morgan fingerprint density at radius 1 is 1.30 bits per heavy atom. The van der Waals surface area contributed by atoms with E-state index in [0.717, 1.165) is 31.4 Å². The molecule has 2 amide bonds. The monoisotopic (exact) mass is 333 g/mol. The maximum absolute atomic E-state index is 12.7. The zero-order chi connectivity index (χ0) is 16.4. The molecule has 122 valence electrons. The summed E-state index contributed by atoms with van der Waals surface area (Å²) in [7, 11) is 0. The highest BCUT2D eigenvalue weighted by Crippen LogP contribution is 2.35. The largest absolute Gasteiger partial charge is 0.326 e. The third-order valence-electron chi connectivity index (χ3n) is 4.31. The van der Waals surface area contributed by atoms with Gasteiger partial charge in [0.05, 0.1) is 22.3 Å². The van der Waals surface area contributed by atoms with E-state index in [-0.39, 0.29) is 17.7 Å². The van der Waals surface area contributed by atoms with Crippen LogP contribution in [-0.2, 0) is 9.59 Å². The first kappa shape index (κ1) is 16.0. The molecule has 23 heavy (non-hydrogen) atoms. The molecule has 1 fully saturated rings. The fourth-order valence-electron chi connectivity index (χ4n) is 3.19. The van der Waals surface area contributed by atoms with Crippen LogP contribution in [0.3, 0.4) is 0 Å². The standard InChI is InChI=1S/C17H20ClN3O2/c1-11(22)19-12-8-9-16(14(18)10-12)21-17(23)13-6-4-2-3-5-7-15(13)20-21/h8-10,13H,2-7H2,1H3,(H,19,22). The Labute approximate surface area is 140 Å². The third kappa shape index (κ3) is 3.39. The van der Waals surface area contributed by atoms with Crippen molar-refractivity contribution in [2.45, 2.75) is 45.4 Å². The van der Waals surface area contributed by atoms with Gasteiger partial charge in [-0.25, -0.2) is 0 Å². The second-order valence-corrected chi connectivity index (χ2v) is 6.50. The van der Waals surface area contributed by atoms with E-state index in [1.165, 1.54) is 24.8 Å². The van der Waals surface area contributed by atoms with Crippen LogP contribution < -0.4 is 10.3 Å². The predicted octanol–water partition coefficient (Wildman–Crippen LogP) is 3.97. The molecule has 1 aliphatic carbocycles. The highest BCUT2D eigenvalue weighted by Gasteiger charge is 2.37. The summed E-state index contributed by atoms with van der Waals surface area (Å²) in [5.41, 5.74) is 2.17. The van der Waals surface area contributed by atoms with E-state index in [1.807, 2.05) is 0 Å². The lowest BCUT2D eigenvalue weighted by molar-refractivity contribution is -0.120. The molecule has 6 heteroatoms. The SMILES string of the molecule is CC(=O)Nc1ccc(N2N=C3CCCCCCC3C2=O)c(Cl)c1. The van der Waals surface area contributed by atoms with E-state index in [9.17, 15) is 9.59 Å². The number of hydrazone groups is 1. The van der Waals surface area contributed by atoms with Crippen molar-refractivity contribution in [2.24, 2.45) is 11.0 Å². The van der Waals surface area contributed by atoms with Crippen molar-refractivity contribution in [3.8, 4) is 0 Å². The summed E-state index contributed by atoms with van der Waals surface area (Å²) in [4.78, 5) is 23.8. The zero-order valence-corrected chi connectivity index (χ0v) is 13.9. The molecule has 0 saturated heterocycles. The van der Waals surface area contributed by atoms with Crippen molar-refractivity contribution in [1.29, 1.82) is 0 Å². The minimum Gasteiger partial charge on any atom is -0.326 e. The van der Waals surface area contributed by atoms with Gasteiger partial charge in [0.15, 0.2) is 0 Å². The van der Waals surface area contributed by atoms with Gasteiger partial charge in [0.25, 0.3) is 5.91 Å². The van der Waals surface area contributed by atoms with Gasteiger partial charge >= 0.3 is 0 Å². The van der Waals surface area contributed by atoms with Crippen molar-refractivity contribution in [3.05, 3.63) is 23.2 Å². The Morgan fingerprint density at radius 2 is 2.09 bits per heavy atom. The third-order valence-corrected chi connectivity index (χ3v) is 4.61. The molecule has 1 aromatic carbocycles. The average Bonchev–Trinajstić information content (AvgIpc) is 2.74. The molecule has 0 bridgehead atoms. The van der Waals surface area contributed by atoms with Gasteiger partial charge in [-0.15, -0.1) is 0 Å². The molecule has 1 saturated carbocycles. The smallest absolute Gasteiger partial charge is 0.256 e. The molecule has 1 atom stereocenters. The van der Waals surface area contributed by atoms with Crippen molar-refractivity contribution < 1.29 is 9.59 Å². The maximum atomic E-state index is 12.7. The molecule has 1 heterocycles. The molecule has 1 aromatic rings. The van der Waals surface area contributed by atoms with Crippen LogP contribution >= 0.6 is 11.6 Å². The predicted molar refractivity (Wildman–Crippen MR) is 91.9 cm³/mol. The van der Waals surface area contributed by atoms with Gasteiger partial charge in [-0.05, 0) is 37.5 Å². The fourth-order valence-corrected chi connectivity index (χ4v) is 3.45. The van der Waals surface area contributed by atoms with E-state index < -0.39 is 0 Å². The average molecular weight is 334 g/mol. The van der Waals surface area contributed by atoms with E-state index in [4.69, 9.17) is 11.6 Å². The first-order chi connectivity index (χ1) is 11.1. The Balaban J connectivity index is 1.86. The maximum Gasteiger partial charge on any atom is 0.256 e. The number of anilines is 2. The summed E-state index contributed by atoms with van der Waals surface area (Å²) in [6.45, 7) is 1.44. The lowest BCUT2D eigenvalue weighted by Crippen LogP contribution is -2.28. The molecule has 2 aliphatic rings. The number of hydrogen-bond donors (Lipinski definition) is 1. The summed E-state index contributed by atoms with van der Waals surface area (Å²) in [6.07, 6.45) is 6.30. The second kappa shape index (κ2) is 6.71. The van der Waals surface area contributed by atoms with Gasteiger partial charge in [0.2, 0.25) is 5.91 Å². The number of rotatable bonds is 2. The lowest BCUT2D eigenvalue weighted by atomic mass is 9.89. The number of benzene rings is 1. The molecule has 0 spiro atoms. The summed E-state index contributed by atoms with van der Waals surface area (Å²) < 4.78 is 0. The van der Waals surface area contributed by atoms with Gasteiger partial charge < -0.3 is 5.32 Å². The Bertz CT molecular complexity index is 672. The Kier molecular flexibility index (Phi) is 4.66. The molecule has 1 unspecified atom stereocenters. The molecular formula is C17H20ClN3O2. The van der Waals surface area contributed by atoms with Crippen LogP contribution in [0.4, 0.5) is 11.4 Å². The van der Waals surface area contributed by atoms with Crippen molar-refractivity contribution >= 4 is 40.5 Å². The van der Waals surface area contributed by atoms with Crippen LogP contribution in [0.5, 0.6) is 0 Å². The number of nitrogens with zero attached hydrogens (tertiary/aromatic N) is 2. The molecule has 5 nitrogen and oxygen atoms in total. The minimum absolute atomic E-state index is 0.0103. The van der Waals surface area contributed by atoms with Crippen LogP contribution in [0.2, 0.25) is 5.02 Å². The van der Waals surface area contributed by atoms with Crippen molar-refractivity contribution in [2.75, 3.05) is 10.3 Å². The minimum atomic E-state index is -0.162. The van der Waals surface area contributed by atoms with Gasteiger partial charge in [0.1, 0.15) is 0 Å². The quantitative estimate of drug-likeness (QED) is 0.890. The lowest BCUT2D eigenvalue weighted by Gasteiger charge is -2.17. The molecule has 1 aliphatic heterocycles. The van der Waals surface area contributed by atoms with Gasteiger partial charge in [-0.3, -0.25) is 9.59 Å². The van der Waals surface area contributed by atoms with Crippen molar-refractivity contribution in [1.82, 2.24) is 0 Å². The molecule has 1 N–H and O–H groups in total. The number of hydrogen-bond acceptors (Lipinski definition) is 3. The molecule has 0 aromatic heterocycles. The number of carbonyl (C=O) groups excluding carboxylic acids is 2. The van der Waals surface area contributed by atoms with Gasteiger partial charge in [-0.2, -0.15) is 10.1 Å². The van der Waals surface area contributed by atoms with Crippen LogP contribution in [0.15, 0.2) is 23.3 Å². The van der Waals surface area contributed by atoms with E-state index in [0.29, 0.717) is 16.4 Å². The van der Waals surface area contributed by atoms with E-state index in [2.05, 4.69) is 10.4 Å². The molecule has 0 radical (unpaired) electrons. The van der Waals surface area contributed by atoms with Crippen LogP contribution in [0.25, 0.3) is 0 Å². The highest BCUT2D eigenvalue weighted by atomic mass is 35.5. The first-order valence-corrected chi connectivity index (χ1v) is 8.42. The number of carbonyl (C=O) groups is 2. The van der Waals surface area contributed by atoms with Gasteiger partial charge in [-0.1, -0.05) is 30.9 Å². The zero-order valence-electron chi connectivity index (χ0n) is 13.1. The summed E-state index contributed by atoms with van der Waals surface area (Å²) in [6, 6.07) is 5.11.